The number of rotatable bonds is 8. The van der Waals surface area contributed by atoms with Crippen LogP contribution in [0.5, 0.6) is 0 Å². The van der Waals surface area contributed by atoms with Crippen molar-refractivity contribution >= 4 is 17.2 Å². The molecule has 1 N–H and O–H groups in total. The number of carbonyl (C=O) groups is 1. The molecule has 8 heteroatoms. The summed E-state index contributed by atoms with van der Waals surface area (Å²) < 4.78 is 15.7. The van der Waals surface area contributed by atoms with Crippen molar-refractivity contribution in [1.29, 1.82) is 0 Å². The predicted molar refractivity (Wildman–Crippen MR) is 123 cm³/mol. The Hall–Kier alpha value is -3.65. The lowest BCUT2D eigenvalue weighted by Gasteiger charge is -2.10. The molecule has 4 rings (SSSR count). The molecule has 0 aliphatic carbocycles. The Morgan fingerprint density at radius 2 is 1.94 bits per heavy atom. The summed E-state index contributed by atoms with van der Waals surface area (Å²) in [4.78, 5) is 32.9. The van der Waals surface area contributed by atoms with Gasteiger partial charge in [-0.3, -0.25) is 14.6 Å². The molecule has 0 fully saturated rings. The van der Waals surface area contributed by atoms with E-state index in [1.807, 2.05) is 18.2 Å². The van der Waals surface area contributed by atoms with Crippen LogP contribution in [0.2, 0.25) is 0 Å². The van der Waals surface area contributed by atoms with Gasteiger partial charge in [0.2, 0.25) is 0 Å². The maximum absolute atomic E-state index is 14.4. The molecular weight excluding hydrogens is 427 g/mol. The van der Waals surface area contributed by atoms with Gasteiger partial charge in [-0.05, 0) is 43.0 Å². The standard InChI is InChI=1S/C24H21FN4O2S/c25-20-13-18(21-16-32-24(31)29(21)22-15-26-10-11-27-22)12-19(14-20)23(30)28-9-5-4-8-17-6-2-1-3-7-17/h1-3,6-7,10-16H,4-5,8-9H2,(H,28,30). The zero-order valence-electron chi connectivity index (χ0n) is 17.2. The monoisotopic (exact) mass is 448 g/mol. The predicted octanol–water partition coefficient (Wildman–Crippen LogP) is 4.25. The minimum atomic E-state index is -0.555. The number of nitrogens with one attached hydrogen (secondary N) is 1. The number of halogens is 1. The van der Waals surface area contributed by atoms with Crippen LogP contribution in [0.4, 0.5) is 4.39 Å². The normalized spacial score (nSPS) is 10.8. The van der Waals surface area contributed by atoms with E-state index >= 15 is 0 Å². The molecular formula is C24H21FN4O2S. The van der Waals surface area contributed by atoms with E-state index in [0.29, 0.717) is 23.6 Å². The van der Waals surface area contributed by atoms with Crippen LogP contribution in [0.1, 0.15) is 28.8 Å². The lowest BCUT2D eigenvalue weighted by Crippen LogP contribution is -2.24. The smallest absolute Gasteiger partial charge is 0.313 e. The summed E-state index contributed by atoms with van der Waals surface area (Å²) in [6.45, 7) is 0.500. The molecule has 0 saturated carbocycles. The highest BCUT2D eigenvalue weighted by Crippen LogP contribution is 2.24. The van der Waals surface area contributed by atoms with Crippen LogP contribution in [0.3, 0.4) is 0 Å². The van der Waals surface area contributed by atoms with E-state index in [0.717, 1.165) is 30.6 Å². The molecule has 32 heavy (non-hydrogen) atoms. The minimum Gasteiger partial charge on any atom is -0.352 e. The van der Waals surface area contributed by atoms with Gasteiger partial charge in [-0.2, -0.15) is 0 Å². The van der Waals surface area contributed by atoms with Crippen LogP contribution in [0.25, 0.3) is 17.1 Å². The summed E-state index contributed by atoms with van der Waals surface area (Å²) in [5.74, 6) is -0.572. The first-order valence-electron chi connectivity index (χ1n) is 10.2. The Kier molecular flexibility index (Phi) is 6.81. The zero-order chi connectivity index (χ0) is 22.3. The Morgan fingerprint density at radius 3 is 2.72 bits per heavy atom. The topological polar surface area (TPSA) is 76.9 Å². The van der Waals surface area contributed by atoms with Crippen LogP contribution in [-0.4, -0.2) is 27.0 Å². The summed E-state index contributed by atoms with van der Waals surface area (Å²) in [6, 6.07) is 14.2. The average molecular weight is 449 g/mol. The maximum Gasteiger partial charge on any atom is 0.313 e. The average Bonchev–Trinajstić information content (AvgIpc) is 3.21. The molecule has 0 atom stereocenters. The van der Waals surface area contributed by atoms with Crippen molar-refractivity contribution in [3.05, 3.63) is 99.1 Å². The third-order valence-corrected chi connectivity index (χ3v) is 5.68. The molecule has 2 heterocycles. The molecule has 2 aromatic carbocycles. The van der Waals surface area contributed by atoms with Gasteiger partial charge >= 0.3 is 4.87 Å². The van der Waals surface area contributed by atoms with Crippen LogP contribution < -0.4 is 10.2 Å². The number of amides is 1. The van der Waals surface area contributed by atoms with E-state index < -0.39 is 5.82 Å². The number of thiazole rings is 1. The molecule has 2 aromatic heterocycles. The van der Waals surface area contributed by atoms with Gasteiger partial charge in [0.05, 0.1) is 11.9 Å². The summed E-state index contributed by atoms with van der Waals surface area (Å²) in [7, 11) is 0. The Bertz CT molecular complexity index is 1260. The molecule has 1 amide bonds. The molecule has 4 aromatic rings. The molecule has 0 spiro atoms. The zero-order valence-corrected chi connectivity index (χ0v) is 18.0. The Labute approximate surface area is 188 Å². The highest BCUT2D eigenvalue weighted by atomic mass is 32.1. The third kappa shape index (κ3) is 5.15. The first kappa shape index (κ1) is 21.6. The van der Waals surface area contributed by atoms with E-state index in [1.54, 1.807) is 11.4 Å². The molecule has 0 aliphatic heterocycles. The number of carbonyl (C=O) groups excluding carboxylic acids is 1. The summed E-state index contributed by atoms with van der Waals surface area (Å²) in [5, 5.41) is 4.47. The van der Waals surface area contributed by atoms with Crippen molar-refractivity contribution in [1.82, 2.24) is 19.9 Å². The number of unbranched alkanes of at least 4 members (excludes halogenated alkanes) is 1. The van der Waals surface area contributed by atoms with E-state index in [9.17, 15) is 14.0 Å². The Morgan fingerprint density at radius 1 is 1.09 bits per heavy atom. The van der Waals surface area contributed by atoms with E-state index in [2.05, 4.69) is 27.4 Å². The number of nitrogens with zero attached hydrogens (tertiary/aromatic N) is 3. The van der Waals surface area contributed by atoms with Crippen molar-refractivity contribution in [3.8, 4) is 17.1 Å². The first-order chi connectivity index (χ1) is 15.6. The molecule has 0 bridgehead atoms. The van der Waals surface area contributed by atoms with Crippen molar-refractivity contribution in [2.24, 2.45) is 0 Å². The van der Waals surface area contributed by atoms with Gasteiger partial charge in [0, 0.05) is 35.4 Å². The summed E-state index contributed by atoms with van der Waals surface area (Å²) in [5.41, 5.74) is 2.34. The quantitative estimate of drug-likeness (QED) is 0.409. The van der Waals surface area contributed by atoms with Crippen molar-refractivity contribution < 1.29 is 9.18 Å². The number of hydrogen-bond acceptors (Lipinski definition) is 5. The summed E-state index contributed by atoms with van der Waals surface area (Å²) >= 11 is 0.975. The van der Waals surface area contributed by atoms with Crippen LogP contribution in [-0.2, 0) is 6.42 Å². The van der Waals surface area contributed by atoms with Gasteiger partial charge in [0.1, 0.15) is 5.82 Å². The van der Waals surface area contributed by atoms with Gasteiger partial charge in [-0.15, -0.1) is 0 Å². The maximum atomic E-state index is 14.4. The van der Waals surface area contributed by atoms with Crippen LogP contribution >= 0.6 is 11.3 Å². The van der Waals surface area contributed by atoms with Gasteiger partial charge in [-0.25, -0.2) is 13.9 Å². The van der Waals surface area contributed by atoms with Crippen LogP contribution in [0, 0.1) is 5.82 Å². The second-order valence-electron chi connectivity index (χ2n) is 7.21. The van der Waals surface area contributed by atoms with Gasteiger partial charge in [-0.1, -0.05) is 41.7 Å². The molecule has 6 nitrogen and oxygen atoms in total. The second-order valence-corrected chi connectivity index (χ2v) is 8.03. The highest BCUT2D eigenvalue weighted by Gasteiger charge is 2.16. The van der Waals surface area contributed by atoms with E-state index in [-0.39, 0.29) is 16.3 Å². The van der Waals surface area contributed by atoms with E-state index in [1.165, 1.54) is 40.9 Å². The molecule has 0 saturated heterocycles. The first-order valence-corrected chi connectivity index (χ1v) is 11.1. The largest absolute Gasteiger partial charge is 0.352 e. The van der Waals surface area contributed by atoms with Gasteiger partial charge in [0.25, 0.3) is 5.91 Å². The lowest BCUT2D eigenvalue weighted by molar-refractivity contribution is 0.0952. The van der Waals surface area contributed by atoms with Gasteiger partial charge in [0.15, 0.2) is 5.82 Å². The lowest BCUT2D eigenvalue weighted by atomic mass is 10.1. The summed E-state index contributed by atoms with van der Waals surface area (Å²) in [6.07, 6.45) is 7.15. The number of aryl methyl sites for hydroxylation is 1. The fraction of sp³-hybridized carbons (Fsp3) is 0.167. The fourth-order valence-corrected chi connectivity index (χ4v) is 4.15. The second kappa shape index (κ2) is 10.1. The third-order valence-electron chi connectivity index (χ3n) is 4.95. The number of benzene rings is 2. The van der Waals surface area contributed by atoms with Crippen molar-refractivity contribution in [3.63, 3.8) is 0 Å². The molecule has 162 valence electrons. The van der Waals surface area contributed by atoms with Crippen molar-refractivity contribution in [2.45, 2.75) is 19.3 Å². The number of aromatic nitrogens is 3. The Balaban J connectivity index is 1.45. The fourth-order valence-electron chi connectivity index (χ4n) is 3.40. The molecule has 0 radical (unpaired) electrons. The number of hydrogen-bond donors (Lipinski definition) is 1. The minimum absolute atomic E-state index is 0.201. The van der Waals surface area contributed by atoms with E-state index in [4.69, 9.17) is 0 Å². The SMILES string of the molecule is O=C(NCCCCc1ccccc1)c1cc(F)cc(-c2csc(=O)n2-c2cnccn2)c1. The molecule has 0 unspecified atom stereocenters. The van der Waals surface area contributed by atoms with Crippen LogP contribution in [0.15, 0.2) is 77.3 Å². The van der Waals surface area contributed by atoms with Gasteiger partial charge < -0.3 is 5.32 Å². The highest BCUT2D eigenvalue weighted by molar-refractivity contribution is 7.07. The molecule has 0 aliphatic rings. The van der Waals surface area contributed by atoms with Crippen molar-refractivity contribution in [2.75, 3.05) is 6.54 Å².